The molecule has 0 aliphatic heterocycles. The maximum absolute atomic E-state index is 11.8. The van der Waals surface area contributed by atoms with Gasteiger partial charge in [-0.25, -0.2) is 0 Å². The number of hydrogen-bond donors (Lipinski definition) is 0. The number of ether oxygens (including phenoxy) is 3. The minimum absolute atomic E-state index is 0.0715. The maximum atomic E-state index is 11.8. The van der Waals surface area contributed by atoms with Crippen LogP contribution in [0.4, 0.5) is 0 Å². The number of rotatable bonds is 8. The Balaban J connectivity index is 2.53. The van der Waals surface area contributed by atoms with Gasteiger partial charge in [-0.2, -0.15) is 0 Å². The summed E-state index contributed by atoms with van der Waals surface area (Å²) in [6, 6.07) is 5.57. The molecule has 0 atom stereocenters. The van der Waals surface area contributed by atoms with Gasteiger partial charge < -0.3 is 19.1 Å². The molecular formula is C17H25NO5. The van der Waals surface area contributed by atoms with Crippen LogP contribution in [0.3, 0.4) is 0 Å². The molecule has 0 N–H and O–H groups in total. The van der Waals surface area contributed by atoms with E-state index in [1.54, 1.807) is 32.2 Å². The van der Waals surface area contributed by atoms with E-state index in [1.165, 1.54) is 0 Å². The van der Waals surface area contributed by atoms with Crippen LogP contribution in [0.2, 0.25) is 0 Å². The molecule has 1 aromatic rings. The Kier molecular flexibility index (Phi) is 7.38. The highest BCUT2D eigenvalue weighted by molar-refractivity contribution is 5.80. The zero-order valence-electron chi connectivity index (χ0n) is 14.4. The van der Waals surface area contributed by atoms with Crippen LogP contribution < -0.4 is 9.47 Å². The molecule has 6 nitrogen and oxygen atoms in total. The summed E-state index contributed by atoms with van der Waals surface area (Å²) in [6.07, 6.45) is 0.621. The number of hydrogen-bond acceptors (Lipinski definition) is 5. The second kappa shape index (κ2) is 9.02. The van der Waals surface area contributed by atoms with Gasteiger partial charge in [-0.1, -0.05) is 12.1 Å². The number of benzene rings is 1. The number of amides is 1. The first-order chi connectivity index (χ1) is 10.9. The van der Waals surface area contributed by atoms with Gasteiger partial charge in [-0.3, -0.25) is 9.59 Å². The number of carbonyl (C=O) groups is 2. The first kappa shape index (κ1) is 18.8. The molecule has 0 saturated heterocycles. The van der Waals surface area contributed by atoms with Gasteiger partial charge in [0.1, 0.15) is 0 Å². The average Bonchev–Trinajstić information content (AvgIpc) is 2.56. The van der Waals surface area contributed by atoms with E-state index in [0.717, 1.165) is 5.56 Å². The lowest BCUT2D eigenvalue weighted by Crippen LogP contribution is -2.36. The van der Waals surface area contributed by atoms with Crippen molar-refractivity contribution in [1.29, 1.82) is 0 Å². The molecule has 1 amide bonds. The molecule has 0 spiro atoms. The van der Waals surface area contributed by atoms with Crippen LogP contribution in [0.15, 0.2) is 18.2 Å². The van der Waals surface area contributed by atoms with E-state index >= 15 is 0 Å². The number of esters is 1. The number of aryl methyl sites for hydroxylation is 1. The zero-order chi connectivity index (χ0) is 17.4. The molecule has 0 radical (unpaired) electrons. The standard InChI is InChI=1S/C17H25NO5/c1-12(2)18(3)15(19)11-23-16(20)10-9-13-7-6-8-14(21-4)17(13)22-5/h6-8,12H,9-11H2,1-5H3. The van der Waals surface area contributed by atoms with Gasteiger partial charge in [0.2, 0.25) is 0 Å². The van der Waals surface area contributed by atoms with Crippen molar-refractivity contribution in [3.8, 4) is 11.5 Å². The van der Waals surface area contributed by atoms with Crippen LogP contribution in [0.25, 0.3) is 0 Å². The van der Waals surface area contributed by atoms with E-state index in [-0.39, 0.29) is 25.0 Å². The SMILES string of the molecule is COc1cccc(CCC(=O)OCC(=O)N(C)C(C)C)c1OC. The number of likely N-dealkylation sites (N-methyl/N-ethyl adjacent to an activating group) is 1. The smallest absolute Gasteiger partial charge is 0.306 e. The molecule has 6 heteroatoms. The molecule has 0 aliphatic carbocycles. The zero-order valence-corrected chi connectivity index (χ0v) is 14.4. The molecule has 0 unspecified atom stereocenters. The van der Waals surface area contributed by atoms with Crippen molar-refractivity contribution >= 4 is 11.9 Å². The summed E-state index contributed by atoms with van der Waals surface area (Å²) in [6.45, 7) is 3.56. The van der Waals surface area contributed by atoms with Gasteiger partial charge >= 0.3 is 5.97 Å². The quantitative estimate of drug-likeness (QED) is 0.685. The fraction of sp³-hybridized carbons (Fsp3) is 0.529. The second-order valence-electron chi connectivity index (χ2n) is 5.41. The number of methoxy groups -OCH3 is 2. The first-order valence-electron chi connectivity index (χ1n) is 7.51. The molecule has 1 aromatic carbocycles. The van der Waals surface area contributed by atoms with E-state index in [1.807, 2.05) is 26.0 Å². The van der Waals surface area contributed by atoms with Crippen molar-refractivity contribution in [2.24, 2.45) is 0 Å². The minimum Gasteiger partial charge on any atom is -0.493 e. The Labute approximate surface area is 137 Å². The molecule has 0 aliphatic rings. The molecule has 1 rings (SSSR count). The monoisotopic (exact) mass is 323 g/mol. The first-order valence-corrected chi connectivity index (χ1v) is 7.51. The minimum atomic E-state index is -0.416. The number of carbonyl (C=O) groups excluding carboxylic acids is 2. The lowest BCUT2D eigenvalue weighted by atomic mass is 10.1. The van der Waals surface area contributed by atoms with Crippen molar-refractivity contribution in [2.75, 3.05) is 27.9 Å². The van der Waals surface area contributed by atoms with Gasteiger partial charge in [0.15, 0.2) is 18.1 Å². The van der Waals surface area contributed by atoms with Gasteiger partial charge in [0.05, 0.1) is 14.2 Å². The van der Waals surface area contributed by atoms with Crippen LogP contribution in [0.5, 0.6) is 11.5 Å². The van der Waals surface area contributed by atoms with Gasteiger partial charge in [0.25, 0.3) is 5.91 Å². The fourth-order valence-corrected chi connectivity index (χ4v) is 1.99. The van der Waals surface area contributed by atoms with Crippen molar-refractivity contribution in [3.05, 3.63) is 23.8 Å². The summed E-state index contributed by atoms with van der Waals surface area (Å²) in [4.78, 5) is 25.1. The van der Waals surface area contributed by atoms with Crippen molar-refractivity contribution < 1.29 is 23.8 Å². The predicted molar refractivity (Wildman–Crippen MR) is 86.7 cm³/mol. The fourth-order valence-electron chi connectivity index (χ4n) is 1.99. The summed E-state index contributed by atoms with van der Waals surface area (Å²) in [5, 5.41) is 0. The second-order valence-corrected chi connectivity index (χ2v) is 5.41. The topological polar surface area (TPSA) is 65.1 Å². The normalized spacial score (nSPS) is 10.3. The molecule has 0 bridgehead atoms. The predicted octanol–water partition coefficient (Wildman–Crippen LogP) is 2.05. The lowest BCUT2D eigenvalue weighted by molar-refractivity contribution is -0.152. The Morgan fingerprint density at radius 3 is 2.43 bits per heavy atom. The molecule has 23 heavy (non-hydrogen) atoms. The van der Waals surface area contributed by atoms with Crippen LogP contribution in [0, 0.1) is 0 Å². The van der Waals surface area contributed by atoms with Crippen molar-refractivity contribution in [2.45, 2.75) is 32.7 Å². The van der Waals surface area contributed by atoms with Crippen LogP contribution in [-0.2, 0) is 20.7 Å². The van der Waals surface area contributed by atoms with E-state index in [4.69, 9.17) is 14.2 Å². The number of nitrogens with zero attached hydrogens (tertiary/aromatic N) is 1. The molecule has 0 saturated carbocycles. The summed E-state index contributed by atoms with van der Waals surface area (Å²) < 4.78 is 15.6. The molecule has 0 heterocycles. The van der Waals surface area contributed by atoms with E-state index in [0.29, 0.717) is 17.9 Å². The van der Waals surface area contributed by atoms with E-state index in [2.05, 4.69) is 0 Å². The summed E-state index contributed by atoms with van der Waals surface area (Å²) >= 11 is 0. The van der Waals surface area contributed by atoms with Crippen LogP contribution in [0.1, 0.15) is 25.8 Å². The third-order valence-electron chi connectivity index (χ3n) is 3.61. The Morgan fingerprint density at radius 1 is 1.17 bits per heavy atom. The lowest BCUT2D eigenvalue weighted by Gasteiger charge is -2.21. The highest BCUT2D eigenvalue weighted by Gasteiger charge is 2.15. The van der Waals surface area contributed by atoms with Gasteiger partial charge in [0, 0.05) is 19.5 Å². The Bertz CT molecular complexity index is 542. The third kappa shape index (κ3) is 5.47. The number of para-hydroxylation sites is 1. The van der Waals surface area contributed by atoms with E-state index < -0.39 is 5.97 Å². The van der Waals surface area contributed by atoms with Crippen molar-refractivity contribution in [3.63, 3.8) is 0 Å². The maximum Gasteiger partial charge on any atom is 0.306 e. The summed E-state index contributed by atoms with van der Waals surface area (Å²) in [5.41, 5.74) is 0.856. The van der Waals surface area contributed by atoms with Gasteiger partial charge in [-0.15, -0.1) is 0 Å². The Hall–Kier alpha value is -2.24. The molecular weight excluding hydrogens is 298 g/mol. The van der Waals surface area contributed by atoms with Crippen molar-refractivity contribution in [1.82, 2.24) is 4.90 Å². The molecule has 0 aromatic heterocycles. The third-order valence-corrected chi connectivity index (χ3v) is 3.61. The van der Waals surface area contributed by atoms with Gasteiger partial charge in [-0.05, 0) is 31.9 Å². The van der Waals surface area contributed by atoms with Crippen LogP contribution >= 0.6 is 0 Å². The van der Waals surface area contributed by atoms with E-state index in [9.17, 15) is 9.59 Å². The molecule has 0 fully saturated rings. The summed E-state index contributed by atoms with van der Waals surface area (Å²) in [7, 11) is 4.80. The highest BCUT2D eigenvalue weighted by atomic mass is 16.5. The summed E-state index contributed by atoms with van der Waals surface area (Å²) in [5.74, 6) is 0.596. The molecule has 128 valence electrons. The average molecular weight is 323 g/mol. The largest absolute Gasteiger partial charge is 0.493 e. The van der Waals surface area contributed by atoms with Crippen LogP contribution in [-0.4, -0.2) is 50.7 Å². The Morgan fingerprint density at radius 2 is 1.87 bits per heavy atom. The highest BCUT2D eigenvalue weighted by Crippen LogP contribution is 2.31.